The van der Waals surface area contributed by atoms with Crippen molar-refractivity contribution >= 4 is 28.4 Å². The van der Waals surface area contributed by atoms with E-state index in [1.54, 1.807) is 24.3 Å². The summed E-state index contributed by atoms with van der Waals surface area (Å²) in [7, 11) is 0. The molecule has 6 heteroatoms. The van der Waals surface area contributed by atoms with Gasteiger partial charge in [-0.15, -0.1) is 0 Å². The van der Waals surface area contributed by atoms with Gasteiger partial charge < -0.3 is 14.3 Å². The van der Waals surface area contributed by atoms with Gasteiger partial charge in [0.05, 0.1) is 16.5 Å². The minimum atomic E-state index is -0.264. The Kier molecular flexibility index (Phi) is 4.28. The molecule has 1 aliphatic heterocycles. The third-order valence-electron chi connectivity index (χ3n) is 4.56. The summed E-state index contributed by atoms with van der Waals surface area (Å²) in [5, 5.41) is 10.0. The minimum absolute atomic E-state index is 0.243. The fraction of sp³-hybridized carbons (Fsp3) is 0.250. The van der Waals surface area contributed by atoms with E-state index in [1.165, 1.54) is 6.42 Å². The van der Waals surface area contributed by atoms with Crippen molar-refractivity contribution in [2.45, 2.75) is 19.3 Å². The standard InChI is InChI=1S/C20H18N4O2/c21-13-14(19-22-17-7-3-2-6-16(17)20(25)23-19)12-15-8-9-18(26-15)24-10-4-1-5-11-24/h2-3,6-9,12H,1,4-5,10-11H2,(H,22,23,25). The lowest BCUT2D eigenvalue weighted by molar-refractivity contribution is 0.496. The topological polar surface area (TPSA) is 85.9 Å². The Morgan fingerprint density at radius 2 is 2.00 bits per heavy atom. The van der Waals surface area contributed by atoms with Gasteiger partial charge in [-0.05, 0) is 37.5 Å². The van der Waals surface area contributed by atoms with E-state index in [1.807, 2.05) is 18.2 Å². The van der Waals surface area contributed by atoms with Crippen LogP contribution in [0, 0.1) is 11.3 Å². The quantitative estimate of drug-likeness (QED) is 0.733. The number of hydrogen-bond donors (Lipinski definition) is 1. The first kappa shape index (κ1) is 16.2. The molecule has 2 aromatic heterocycles. The molecule has 4 rings (SSSR count). The number of piperidine rings is 1. The molecule has 0 unspecified atom stereocenters. The average molecular weight is 346 g/mol. The minimum Gasteiger partial charge on any atom is -0.441 e. The number of H-pyrrole nitrogens is 1. The number of benzene rings is 1. The molecule has 0 atom stereocenters. The highest BCUT2D eigenvalue weighted by atomic mass is 16.4. The molecule has 6 nitrogen and oxygen atoms in total. The second-order valence-corrected chi connectivity index (χ2v) is 6.33. The van der Waals surface area contributed by atoms with E-state index in [9.17, 15) is 10.1 Å². The zero-order valence-corrected chi connectivity index (χ0v) is 14.2. The number of anilines is 1. The highest BCUT2D eigenvalue weighted by Gasteiger charge is 2.15. The summed E-state index contributed by atoms with van der Waals surface area (Å²) in [4.78, 5) is 21.5. The zero-order valence-electron chi connectivity index (χ0n) is 14.2. The number of nitrogens with one attached hydrogen (secondary N) is 1. The second kappa shape index (κ2) is 6.89. The Morgan fingerprint density at radius 1 is 1.19 bits per heavy atom. The van der Waals surface area contributed by atoms with E-state index in [2.05, 4.69) is 20.9 Å². The maximum absolute atomic E-state index is 12.2. The molecule has 3 heterocycles. The van der Waals surface area contributed by atoms with Crippen LogP contribution in [0.4, 0.5) is 5.88 Å². The molecule has 1 aliphatic rings. The molecule has 1 saturated heterocycles. The highest BCUT2D eigenvalue weighted by molar-refractivity contribution is 5.88. The molecule has 0 bridgehead atoms. The van der Waals surface area contributed by atoms with Gasteiger partial charge in [0.2, 0.25) is 0 Å². The molecular formula is C20H18N4O2. The lowest BCUT2D eigenvalue weighted by Gasteiger charge is -2.25. The van der Waals surface area contributed by atoms with Crippen molar-refractivity contribution in [2.75, 3.05) is 18.0 Å². The number of aromatic amines is 1. The van der Waals surface area contributed by atoms with E-state index in [4.69, 9.17) is 4.42 Å². The van der Waals surface area contributed by atoms with E-state index >= 15 is 0 Å². The number of allylic oxidation sites excluding steroid dienone is 1. The van der Waals surface area contributed by atoms with Gasteiger partial charge in [0, 0.05) is 25.2 Å². The van der Waals surface area contributed by atoms with E-state index in [0.717, 1.165) is 31.8 Å². The second-order valence-electron chi connectivity index (χ2n) is 6.33. The Bertz CT molecular complexity index is 1070. The van der Waals surface area contributed by atoms with Crippen LogP contribution in [0.3, 0.4) is 0 Å². The van der Waals surface area contributed by atoms with Gasteiger partial charge in [0.1, 0.15) is 11.8 Å². The molecule has 0 aliphatic carbocycles. The summed E-state index contributed by atoms with van der Waals surface area (Å²) in [5.74, 6) is 1.62. The van der Waals surface area contributed by atoms with Gasteiger partial charge in [-0.3, -0.25) is 4.79 Å². The number of rotatable bonds is 3. The molecule has 0 amide bonds. The van der Waals surface area contributed by atoms with Crippen LogP contribution >= 0.6 is 0 Å². The normalized spacial score (nSPS) is 15.2. The van der Waals surface area contributed by atoms with Crippen molar-refractivity contribution in [3.05, 3.63) is 58.3 Å². The van der Waals surface area contributed by atoms with Crippen molar-refractivity contribution in [3.63, 3.8) is 0 Å². The predicted molar refractivity (Wildman–Crippen MR) is 101 cm³/mol. The molecule has 0 radical (unpaired) electrons. The molecule has 130 valence electrons. The molecule has 1 fully saturated rings. The molecule has 0 spiro atoms. The number of nitriles is 1. The zero-order chi connectivity index (χ0) is 17.9. The monoisotopic (exact) mass is 346 g/mol. The Morgan fingerprint density at radius 3 is 2.81 bits per heavy atom. The van der Waals surface area contributed by atoms with Crippen molar-refractivity contribution in [3.8, 4) is 6.07 Å². The van der Waals surface area contributed by atoms with E-state index in [-0.39, 0.29) is 17.0 Å². The predicted octanol–water partition coefficient (Wildman–Crippen LogP) is 3.57. The van der Waals surface area contributed by atoms with Gasteiger partial charge in [-0.1, -0.05) is 12.1 Å². The maximum Gasteiger partial charge on any atom is 0.259 e. The van der Waals surface area contributed by atoms with Crippen LogP contribution in [0.15, 0.2) is 45.6 Å². The summed E-state index contributed by atoms with van der Waals surface area (Å²) < 4.78 is 5.87. The molecule has 0 saturated carbocycles. The number of nitrogens with zero attached hydrogens (tertiary/aromatic N) is 3. The summed E-state index contributed by atoms with van der Waals surface area (Å²) in [6.45, 7) is 1.97. The highest BCUT2D eigenvalue weighted by Crippen LogP contribution is 2.25. The maximum atomic E-state index is 12.2. The number of aromatic nitrogens is 2. The summed E-state index contributed by atoms with van der Waals surface area (Å²) in [5.41, 5.74) is 0.549. The van der Waals surface area contributed by atoms with Gasteiger partial charge in [0.25, 0.3) is 5.56 Å². The van der Waals surface area contributed by atoms with Crippen LogP contribution in [-0.2, 0) is 0 Å². The van der Waals surface area contributed by atoms with Crippen molar-refractivity contribution < 1.29 is 4.42 Å². The third-order valence-corrected chi connectivity index (χ3v) is 4.56. The largest absolute Gasteiger partial charge is 0.441 e. The Labute approximate surface area is 150 Å². The van der Waals surface area contributed by atoms with Crippen LogP contribution in [0.5, 0.6) is 0 Å². The fourth-order valence-corrected chi connectivity index (χ4v) is 3.21. The number of para-hydroxylation sites is 1. The lowest BCUT2D eigenvalue weighted by atomic mass is 10.1. The summed E-state index contributed by atoms with van der Waals surface area (Å²) >= 11 is 0. The van der Waals surface area contributed by atoms with Crippen LogP contribution in [0.25, 0.3) is 22.6 Å². The van der Waals surface area contributed by atoms with Crippen molar-refractivity contribution in [1.82, 2.24) is 9.97 Å². The summed E-state index contributed by atoms with van der Waals surface area (Å²) in [6.07, 6.45) is 5.19. The van der Waals surface area contributed by atoms with Crippen LogP contribution in [0.2, 0.25) is 0 Å². The number of furan rings is 1. The van der Waals surface area contributed by atoms with Crippen LogP contribution in [0.1, 0.15) is 30.8 Å². The van der Waals surface area contributed by atoms with E-state index < -0.39 is 0 Å². The fourth-order valence-electron chi connectivity index (χ4n) is 3.21. The molecular weight excluding hydrogens is 328 g/mol. The number of hydrogen-bond acceptors (Lipinski definition) is 5. The molecule has 3 aromatic rings. The first-order valence-electron chi connectivity index (χ1n) is 8.70. The smallest absolute Gasteiger partial charge is 0.259 e. The molecule has 26 heavy (non-hydrogen) atoms. The lowest BCUT2D eigenvalue weighted by Crippen LogP contribution is -2.28. The molecule has 1 N–H and O–H groups in total. The van der Waals surface area contributed by atoms with E-state index in [0.29, 0.717) is 16.7 Å². The van der Waals surface area contributed by atoms with Gasteiger partial charge in [-0.2, -0.15) is 5.26 Å². The summed E-state index contributed by atoms with van der Waals surface area (Å²) in [6, 6.07) is 12.9. The SMILES string of the molecule is N#CC(=Cc1ccc(N2CCCCC2)o1)c1nc2ccccc2c(=O)[nH]1. The van der Waals surface area contributed by atoms with Crippen molar-refractivity contribution in [1.29, 1.82) is 5.26 Å². The first-order chi connectivity index (χ1) is 12.7. The first-order valence-corrected chi connectivity index (χ1v) is 8.70. The van der Waals surface area contributed by atoms with Crippen molar-refractivity contribution in [2.24, 2.45) is 0 Å². The average Bonchev–Trinajstić information content (AvgIpc) is 3.15. The Hall–Kier alpha value is -3.33. The van der Waals surface area contributed by atoms with Crippen LogP contribution < -0.4 is 10.5 Å². The number of fused-ring (bicyclic) bond motifs is 1. The van der Waals surface area contributed by atoms with Gasteiger partial charge >= 0.3 is 0 Å². The van der Waals surface area contributed by atoms with Crippen LogP contribution in [-0.4, -0.2) is 23.1 Å². The Balaban J connectivity index is 1.68. The van der Waals surface area contributed by atoms with Gasteiger partial charge in [-0.25, -0.2) is 4.98 Å². The molecule has 1 aromatic carbocycles. The van der Waals surface area contributed by atoms with Gasteiger partial charge in [0.15, 0.2) is 11.7 Å². The third kappa shape index (κ3) is 3.11.